The molecule has 94 valence electrons. The van der Waals surface area contributed by atoms with Gasteiger partial charge in [0.1, 0.15) is 0 Å². The van der Waals surface area contributed by atoms with Crippen molar-refractivity contribution < 1.29 is 0 Å². The Morgan fingerprint density at radius 3 is 2.94 bits per heavy atom. The molecule has 0 saturated carbocycles. The highest BCUT2D eigenvalue weighted by molar-refractivity contribution is 9.10. The standard InChI is InChI=1S/C14H16BrN3/c1-2-11-4-3-5-18-14(11)13(16)7-10-6-12(15)9-17-8-10/h3-6,8-9,13H,2,7,16H2,1H3. The van der Waals surface area contributed by atoms with Gasteiger partial charge in [-0.25, -0.2) is 0 Å². The topological polar surface area (TPSA) is 51.8 Å². The van der Waals surface area contributed by atoms with Crippen molar-refractivity contribution in [3.05, 3.63) is 58.1 Å². The van der Waals surface area contributed by atoms with E-state index in [4.69, 9.17) is 5.73 Å². The number of nitrogens with two attached hydrogens (primary N) is 1. The van der Waals surface area contributed by atoms with E-state index in [1.54, 1.807) is 12.4 Å². The lowest BCUT2D eigenvalue weighted by atomic mass is 10.00. The van der Waals surface area contributed by atoms with E-state index in [0.717, 1.165) is 28.6 Å². The van der Waals surface area contributed by atoms with Crippen LogP contribution in [0.15, 0.2) is 41.3 Å². The maximum Gasteiger partial charge on any atom is 0.0606 e. The fourth-order valence-electron chi connectivity index (χ4n) is 2.00. The molecule has 0 aliphatic heterocycles. The Morgan fingerprint density at radius 2 is 2.22 bits per heavy atom. The molecular formula is C14H16BrN3. The van der Waals surface area contributed by atoms with Gasteiger partial charge in [-0.2, -0.15) is 0 Å². The SMILES string of the molecule is CCc1cccnc1C(N)Cc1cncc(Br)c1. The van der Waals surface area contributed by atoms with Crippen LogP contribution in [0.1, 0.15) is 29.8 Å². The number of aromatic nitrogens is 2. The third-order valence-electron chi connectivity index (χ3n) is 2.88. The van der Waals surface area contributed by atoms with E-state index in [1.165, 1.54) is 5.56 Å². The molecule has 2 N–H and O–H groups in total. The van der Waals surface area contributed by atoms with Gasteiger partial charge >= 0.3 is 0 Å². The summed E-state index contributed by atoms with van der Waals surface area (Å²) in [6, 6.07) is 6.00. The second-order valence-electron chi connectivity index (χ2n) is 4.22. The van der Waals surface area contributed by atoms with Crippen LogP contribution in [0, 0.1) is 0 Å². The van der Waals surface area contributed by atoms with Gasteiger partial charge in [0.05, 0.1) is 11.7 Å². The third kappa shape index (κ3) is 3.15. The summed E-state index contributed by atoms with van der Waals surface area (Å²) < 4.78 is 0.976. The first-order valence-electron chi connectivity index (χ1n) is 5.99. The van der Waals surface area contributed by atoms with Gasteiger partial charge in [-0.15, -0.1) is 0 Å². The quantitative estimate of drug-likeness (QED) is 0.944. The number of hydrogen-bond acceptors (Lipinski definition) is 3. The van der Waals surface area contributed by atoms with Gasteiger partial charge < -0.3 is 5.73 Å². The lowest BCUT2D eigenvalue weighted by Crippen LogP contribution is -2.17. The van der Waals surface area contributed by atoms with Crippen molar-refractivity contribution in [3.8, 4) is 0 Å². The molecule has 0 spiro atoms. The molecule has 2 aromatic heterocycles. The molecule has 0 aromatic carbocycles. The molecule has 0 aliphatic carbocycles. The van der Waals surface area contributed by atoms with E-state index in [9.17, 15) is 0 Å². The summed E-state index contributed by atoms with van der Waals surface area (Å²) in [6.07, 6.45) is 7.12. The van der Waals surface area contributed by atoms with Crippen molar-refractivity contribution in [1.29, 1.82) is 0 Å². The van der Waals surface area contributed by atoms with Crippen LogP contribution in [0.2, 0.25) is 0 Å². The highest BCUT2D eigenvalue weighted by Crippen LogP contribution is 2.19. The Kier molecular flexibility index (Phi) is 4.44. The number of pyridine rings is 2. The number of hydrogen-bond donors (Lipinski definition) is 1. The van der Waals surface area contributed by atoms with Gasteiger partial charge in [0.25, 0.3) is 0 Å². The van der Waals surface area contributed by atoms with Crippen molar-refractivity contribution >= 4 is 15.9 Å². The summed E-state index contributed by atoms with van der Waals surface area (Å²) in [5.41, 5.74) is 9.57. The minimum atomic E-state index is -0.0859. The molecule has 2 rings (SSSR count). The Hall–Kier alpha value is -1.26. The molecule has 0 amide bonds. The zero-order valence-electron chi connectivity index (χ0n) is 10.3. The first-order chi connectivity index (χ1) is 8.70. The van der Waals surface area contributed by atoms with Crippen molar-refractivity contribution in [2.45, 2.75) is 25.8 Å². The van der Waals surface area contributed by atoms with Crippen molar-refractivity contribution in [2.75, 3.05) is 0 Å². The van der Waals surface area contributed by atoms with Crippen LogP contribution in [0.4, 0.5) is 0 Å². The van der Waals surface area contributed by atoms with Gasteiger partial charge in [-0.1, -0.05) is 13.0 Å². The molecule has 1 unspecified atom stereocenters. The number of nitrogens with zero attached hydrogens (tertiary/aromatic N) is 2. The Labute approximate surface area is 116 Å². The predicted octanol–water partition coefficient (Wildman–Crippen LogP) is 3.04. The monoisotopic (exact) mass is 305 g/mol. The fraction of sp³-hybridized carbons (Fsp3) is 0.286. The van der Waals surface area contributed by atoms with Gasteiger partial charge in [-0.05, 0) is 52.0 Å². The number of aryl methyl sites for hydroxylation is 1. The molecule has 0 fully saturated rings. The van der Waals surface area contributed by atoms with Crippen molar-refractivity contribution in [1.82, 2.24) is 9.97 Å². The summed E-state index contributed by atoms with van der Waals surface area (Å²) in [4.78, 5) is 8.56. The summed E-state index contributed by atoms with van der Waals surface area (Å²) in [7, 11) is 0. The average Bonchev–Trinajstić information content (AvgIpc) is 2.38. The van der Waals surface area contributed by atoms with Gasteiger partial charge in [0.2, 0.25) is 0 Å². The van der Waals surface area contributed by atoms with Gasteiger partial charge in [0.15, 0.2) is 0 Å². The predicted molar refractivity (Wildman–Crippen MR) is 76.2 cm³/mol. The minimum absolute atomic E-state index is 0.0859. The molecule has 18 heavy (non-hydrogen) atoms. The molecule has 0 bridgehead atoms. The fourth-order valence-corrected chi connectivity index (χ4v) is 2.41. The summed E-state index contributed by atoms with van der Waals surface area (Å²) in [5.74, 6) is 0. The first kappa shape index (κ1) is 13.2. The number of rotatable bonds is 4. The van der Waals surface area contributed by atoms with Gasteiger partial charge in [0, 0.05) is 23.1 Å². The van der Waals surface area contributed by atoms with Crippen LogP contribution < -0.4 is 5.73 Å². The number of halogens is 1. The van der Waals surface area contributed by atoms with E-state index in [2.05, 4.69) is 38.9 Å². The molecule has 4 heteroatoms. The summed E-state index contributed by atoms with van der Waals surface area (Å²) in [6.45, 7) is 2.12. The Bertz CT molecular complexity index is 528. The zero-order chi connectivity index (χ0) is 13.0. The first-order valence-corrected chi connectivity index (χ1v) is 6.78. The second kappa shape index (κ2) is 6.07. The minimum Gasteiger partial charge on any atom is -0.322 e. The maximum atomic E-state index is 6.25. The molecule has 0 aliphatic rings. The lowest BCUT2D eigenvalue weighted by molar-refractivity contribution is 0.683. The zero-order valence-corrected chi connectivity index (χ0v) is 11.9. The normalized spacial score (nSPS) is 12.4. The average molecular weight is 306 g/mol. The third-order valence-corrected chi connectivity index (χ3v) is 3.31. The van der Waals surface area contributed by atoms with Crippen LogP contribution in [-0.4, -0.2) is 9.97 Å². The summed E-state index contributed by atoms with van der Waals surface area (Å²) in [5, 5.41) is 0. The van der Waals surface area contributed by atoms with Gasteiger partial charge in [-0.3, -0.25) is 9.97 Å². The second-order valence-corrected chi connectivity index (χ2v) is 5.14. The molecule has 2 aromatic rings. The van der Waals surface area contributed by atoms with E-state index in [0.29, 0.717) is 0 Å². The van der Waals surface area contributed by atoms with E-state index in [-0.39, 0.29) is 6.04 Å². The lowest BCUT2D eigenvalue weighted by Gasteiger charge is -2.14. The van der Waals surface area contributed by atoms with Crippen LogP contribution in [-0.2, 0) is 12.8 Å². The van der Waals surface area contributed by atoms with Crippen LogP contribution in [0.25, 0.3) is 0 Å². The highest BCUT2D eigenvalue weighted by Gasteiger charge is 2.12. The van der Waals surface area contributed by atoms with E-state index >= 15 is 0 Å². The Balaban J connectivity index is 2.19. The van der Waals surface area contributed by atoms with Crippen LogP contribution >= 0.6 is 15.9 Å². The van der Waals surface area contributed by atoms with Crippen LogP contribution in [0.5, 0.6) is 0 Å². The molecule has 0 radical (unpaired) electrons. The smallest absolute Gasteiger partial charge is 0.0606 e. The van der Waals surface area contributed by atoms with Crippen LogP contribution in [0.3, 0.4) is 0 Å². The van der Waals surface area contributed by atoms with Crippen molar-refractivity contribution in [2.24, 2.45) is 5.73 Å². The Morgan fingerprint density at radius 1 is 1.39 bits per heavy atom. The largest absolute Gasteiger partial charge is 0.322 e. The van der Waals surface area contributed by atoms with E-state index < -0.39 is 0 Å². The van der Waals surface area contributed by atoms with Crippen molar-refractivity contribution in [3.63, 3.8) is 0 Å². The van der Waals surface area contributed by atoms with E-state index in [1.807, 2.05) is 18.3 Å². The molecular weight excluding hydrogens is 290 g/mol. The highest BCUT2D eigenvalue weighted by atomic mass is 79.9. The molecule has 0 saturated heterocycles. The molecule has 3 nitrogen and oxygen atoms in total. The summed E-state index contributed by atoms with van der Waals surface area (Å²) >= 11 is 3.42. The molecule has 1 atom stereocenters. The molecule has 2 heterocycles. The maximum absolute atomic E-state index is 6.25.